The van der Waals surface area contributed by atoms with E-state index in [2.05, 4.69) is 27.6 Å². The maximum atomic E-state index is 12.2. The van der Waals surface area contributed by atoms with Gasteiger partial charge in [-0.25, -0.2) is 0 Å². The number of rotatable bonds is 6. The van der Waals surface area contributed by atoms with E-state index in [1.807, 2.05) is 48.9 Å². The monoisotopic (exact) mass is 386 g/mol. The summed E-state index contributed by atoms with van der Waals surface area (Å²) in [6.45, 7) is 1.92. The van der Waals surface area contributed by atoms with Crippen molar-refractivity contribution in [1.29, 1.82) is 0 Å². The van der Waals surface area contributed by atoms with Crippen molar-refractivity contribution in [1.82, 2.24) is 14.8 Å². The van der Waals surface area contributed by atoms with E-state index in [4.69, 9.17) is 11.6 Å². The van der Waals surface area contributed by atoms with Crippen LogP contribution in [0.1, 0.15) is 17.0 Å². The number of amides is 1. The van der Waals surface area contributed by atoms with Gasteiger partial charge in [0.2, 0.25) is 5.91 Å². The lowest BCUT2D eigenvalue weighted by Gasteiger charge is -2.07. The molecule has 0 atom stereocenters. The van der Waals surface area contributed by atoms with Crippen molar-refractivity contribution < 1.29 is 4.79 Å². The Bertz CT molecular complexity index is 911. The highest BCUT2D eigenvalue weighted by molar-refractivity contribution is 7.99. The molecule has 1 N–H and O–H groups in total. The van der Waals surface area contributed by atoms with Crippen molar-refractivity contribution in [3.8, 4) is 0 Å². The summed E-state index contributed by atoms with van der Waals surface area (Å²) in [6, 6.07) is 15.6. The normalized spacial score (nSPS) is 10.7. The van der Waals surface area contributed by atoms with Crippen molar-refractivity contribution in [2.45, 2.75) is 18.5 Å². The van der Waals surface area contributed by atoms with E-state index < -0.39 is 0 Å². The van der Waals surface area contributed by atoms with Crippen molar-refractivity contribution in [3.05, 3.63) is 70.5 Å². The van der Waals surface area contributed by atoms with Crippen molar-refractivity contribution in [2.24, 2.45) is 7.05 Å². The van der Waals surface area contributed by atoms with Crippen molar-refractivity contribution in [3.63, 3.8) is 0 Å². The molecule has 1 aromatic heterocycles. The van der Waals surface area contributed by atoms with Gasteiger partial charge in [-0.3, -0.25) is 4.79 Å². The van der Waals surface area contributed by atoms with Crippen LogP contribution in [-0.4, -0.2) is 26.4 Å². The Morgan fingerprint density at radius 2 is 1.96 bits per heavy atom. The first-order valence-electron chi connectivity index (χ1n) is 8.14. The molecule has 5 nitrogen and oxygen atoms in total. The molecule has 0 bridgehead atoms. The van der Waals surface area contributed by atoms with E-state index in [1.165, 1.54) is 17.3 Å². The van der Waals surface area contributed by atoms with Gasteiger partial charge in [-0.15, -0.1) is 10.2 Å². The zero-order valence-electron chi connectivity index (χ0n) is 14.6. The number of nitrogens with zero attached hydrogens (tertiary/aromatic N) is 3. The number of thioether (sulfide) groups is 1. The fourth-order valence-corrected chi connectivity index (χ4v) is 3.31. The Morgan fingerprint density at radius 3 is 2.69 bits per heavy atom. The lowest BCUT2D eigenvalue weighted by molar-refractivity contribution is -0.113. The quantitative estimate of drug-likeness (QED) is 0.648. The van der Waals surface area contributed by atoms with Crippen LogP contribution in [0.3, 0.4) is 0 Å². The predicted molar refractivity (Wildman–Crippen MR) is 106 cm³/mol. The average Bonchev–Trinajstić information content (AvgIpc) is 2.97. The molecule has 7 heteroatoms. The fraction of sp³-hybridized carbons (Fsp3) is 0.211. The minimum atomic E-state index is -0.109. The third-order valence-corrected chi connectivity index (χ3v) is 5.35. The molecule has 134 valence electrons. The number of nitrogens with one attached hydrogen (secondary N) is 1. The molecule has 3 aromatic rings. The van der Waals surface area contributed by atoms with Crippen LogP contribution in [0.15, 0.2) is 53.7 Å². The summed E-state index contributed by atoms with van der Waals surface area (Å²) < 4.78 is 1.92. The lowest BCUT2D eigenvalue weighted by Crippen LogP contribution is -2.14. The number of aryl methyl sites for hydroxylation is 1. The van der Waals surface area contributed by atoms with Crippen LogP contribution in [0, 0.1) is 6.92 Å². The van der Waals surface area contributed by atoms with Gasteiger partial charge in [0.15, 0.2) is 5.16 Å². The zero-order chi connectivity index (χ0) is 18.5. The van der Waals surface area contributed by atoms with Crippen LogP contribution < -0.4 is 5.32 Å². The minimum Gasteiger partial charge on any atom is -0.325 e. The largest absolute Gasteiger partial charge is 0.325 e. The molecule has 0 saturated carbocycles. The number of anilines is 1. The molecule has 2 aromatic carbocycles. The standard InChI is InChI=1S/C19H19ClN4OS/c1-13-8-9-15(11-16(13)20)21-18(25)12-26-19-23-22-17(24(19)2)10-14-6-4-3-5-7-14/h3-9,11H,10,12H2,1-2H3,(H,21,25). The van der Waals surface area contributed by atoms with Crippen LogP contribution in [0.4, 0.5) is 5.69 Å². The average molecular weight is 387 g/mol. The van der Waals surface area contributed by atoms with Gasteiger partial charge in [0, 0.05) is 24.2 Å². The highest BCUT2D eigenvalue weighted by Crippen LogP contribution is 2.21. The van der Waals surface area contributed by atoms with Crippen LogP contribution in [0.2, 0.25) is 5.02 Å². The number of benzene rings is 2. The van der Waals surface area contributed by atoms with Gasteiger partial charge < -0.3 is 9.88 Å². The van der Waals surface area contributed by atoms with E-state index >= 15 is 0 Å². The number of carbonyl (C=O) groups excluding carboxylic acids is 1. The van der Waals surface area contributed by atoms with Gasteiger partial charge >= 0.3 is 0 Å². The molecule has 1 heterocycles. The van der Waals surface area contributed by atoms with Gasteiger partial charge in [0.1, 0.15) is 5.82 Å². The summed E-state index contributed by atoms with van der Waals surface area (Å²) in [5, 5.41) is 12.6. The molecule has 0 fully saturated rings. The second-order valence-corrected chi connectivity index (χ2v) is 7.27. The number of hydrogen-bond acceptors (Lipinski definition) is 4. The Hall–Kier alpha value is -2.31. The molecule has 0 radical (unpaired) electrons. The van der Waals surface area contributed by atoms with Gasteiger partial charge in [-0.2, -0.15) is 0 Å². The molecule has 26 heavy (non-hydrogen) atoms. The first-order valence-corrected chi connectivity index (χ1v) is 9.50. The van der Waals surface area contributed by atoms with Crippen molar-refractivity contribution >= 4 is 35.0 Å². The molecule has 0 aliphatic heterocycles. The molecule has 0 aliphatic carbocycles. The van der Waals surface area contributed by atoms with E-state index in [9.17, 15) is 4.79 Å². The number of hydrogen-bond donors (Lipinski definition) is 1. The second-order valence-electron chi connectivity index (χ2n) is 5.92. The SMILES string of the molecule is Cc1ccc(NC(=O)CSc2nnc(Cc3ccccc3)n2C)cc1Cl. The first-order chi connectivity index (χ1) is 12.5. The summed E-state index contributed by atoms with van der Waals surface area (Å²) in [6.07, 6.45) is 0.707. The Balaban J connectivity index is 1.57. The van der Waals surface area contributed by atoms with Crippen LogP contribution in [0.5, 0.6) is 0 Å². The highest BCUT2D eigenvalue weighted by atomic mass is 35.5. The summed E-state index contributed by atoms with van der Waals surface area (Å²) in [5.41, 5.74) is 2.84. The number of carbonyl (C=O) groups is 1. The van der Waals surface area contributed by atoms with Gasteiger partial charge in [0.25, 0.3) is 0 Å². The zero-order valence-corrected chi connectivity index (χ0v) is 16.1. The van der Waals surface area contributed by atoms with Crippen LogP contribution >= 0.6 is 23.4 Å². The third-order valence-electron chi connectivity index (χ3n) is 3.92. The Morgan fingerprint density at radius 1 is 1.19 bits per heavy atom. The summed E-state index contributed by atoms with van der Waals surface area (Å²) in [7, 11) is 1.91. The Kier molecular flexibility index (Phi) is 5.96. The third kappa shape index (κ3) is 4.65. The van der Waals surface area contributed by atoms with E-state index in [-0.39, 0.29) is 11.7 Å². The van der Waals surface area contributed by atoms with Crippen LogP contribution in [-0.2, 0) is 18.3 Å². The molecule has 0 saturated heterocycles. The van der Waals surface area contributed by atoms with Gasteiger partial charge in [0.05, 0.1) is 5.75 Å². The molecule has 3 rings (SSSR count). The Labute approximate surface area is 161 Å². The fourth-order valence-electron chi connectivity index (χ4n) is 2.40. The van der Waals surface area contributed by atoms with E-state index in [0.29, 0.717) is 22.3 Å². The van der Waals surface area contributed by atoms with Crippen molar-refractivity contribution in [2.75, 3.05) is 11.1 Å². The minimum absolute atomic E-state index is 0.109. The maximum absolute atomic E-state index is 12.2. The summed E-state index contributed by atoms with van der Waals surface area (Å²) in [4.78, 5) is 12.2. The van der Waals surface area contributed by atoms with E-state index in [0.717, 1.165) is 11.4 Å². The first kappa shape index (κ1) is 18.5. The molecule has 0 spiro atoms. The van der Waals surface area contributed by atoms with E-state index in [1.54, 1.807) is 6.07 Å². The smallest absolute Gasteiger partial charge is 0.234 e. The highest BCUT2D eigenvalue weighted by Gasteiger charge is 2.12. The van der Waals surface area contributed by atoms with Gasteiger partial charge in [-0.1, -0.05) is 59.8 Å². The van der Waals surface area contributed by atoms with Crippen LogP contribution in [0.25, 0.3) is 0 Å². The predicted octanol–water partition coefficient (Wildman–Crippen LogP) is 4.10. The second kappa shape index (κ2) is 8.38. The number of halogens is 1. The molecular weight excluding hydrogens is 368 g/mol. The summed E-state index contributed by atoms with van der Waals surface area (Å²) in [5.74, 6) is 1.01. The molecule has 1 amide bonds. The molecule has 0 unspecified atom stereocenters. The van der Waals surface area contributed by atoms with Gasteiger partial charge in [-0.05, 0) is 30.2 Å². The topological polar surface area (TPSA) is 59.8 Å². The molecule has 0 aliphatic rings. The lowest BCUT2D eigenvalue weighted by atomic mass is 10.1. The summed E-state index contributed by atoms with van der Waals surface area (Å²) >= 11 is 7.44. The maximum Gasteiger partial charge on any atom is 0.234 e. The number of aromatic nitrogens is 3. The molecular formula is C19H19ClN4OS.